The minimum Gasteiger partial charge on any atom is -0.486 e. The van der Waals surface area contributed by atoms with E-state index in [0.717, 1.165) is 42.0 Å². The zero-order valence-electron chi connectivity index (χ0n) is 13.5. The number of nitrogens with zero attached hydrogens (tertiary/aromatic N) is 2. The molecule has 0 unspecified atom stereocenters. The monoisotopic (exact) mass is 309 g/mol. The van der Waals surface area contributed by atoms with Crippen LogP contribution in [0.25, 0.3) is 11.0 Å². The fourth-order valence-electron chi connectivity index (χ4n) is 2.70. The lowest BCUT2D eigenvalue weighted by atomic mass is 10.2. The molecule has 0 saturated heterocycles. The average molecular weight is 309 g/mol. The molecule has 0 aliphatic carbocycles. The number of para-hydroxylation sites is 2. The maximum absolute atomic E-state index is 5.93. The van der Waals surface area contributed by atoms with Crippen LogP contribution in [0.5, 0.6) is 5.75 Å². The normalized spacial score (nSPS) is 11.0. The highest BCUT2D eigenvalue weighted by molar-refractivity contribution is 5.75. The molecule has 4 heteroatoms. The summed E-state index contributed by atoms with van der Waals surface area (Å²) in [5.74, 6) is 1.82. The van der Waals surface area contributed by atoms with Crippen molar-refractivity contribution in [3.8, 4) is 5.75 Å². The Morgan fingerprint density at radius 1 is 1.09 bits per heavy atom. The molecule has 1 aromatic heterocycles. The second-order valence-corrected chi connectivity index (χ2v) is 5.60. The highest BCUT2D eigenvalue weighted by Crippen LogP contribution is 2.19. The quantitative estimate of drug-likeness (QED) is 0.726. The average Bonchev–Trinajstić information content (AvgIpc) is 2.96. The molecule has 0 fully saturated rings. The summed E-state index contributed by atoms with van der Waals surface area (Å²) in [7, 11) is 0. The summed E-state index contributed by atoms with van der Waals surface area (Å²) in [6.07, 6.45) is 1.97. The zero-order valence-corrected chi connectivity index (χ0v) is 13.5. The second-order valence-electron chi connectivity index (χ2n) is 5.60. The number of hydrogen-bond donors (Lipinski definition) is 1. The molecule has 1 heterocycles. The Morgan fingerprint density at radius 3 is 2.61 bits per heavy atom. The molecular formula is C19H23N3O. The molecular weight excluding hydrogens is 286 g/mol. The SMILES string of the molecule is CCc1ccc(OCc2nc3ccccc3n2CCCN)cc1. The Kier molecular flexibility index (Phi) is 4.93. The van der Waals surface area contributed by atoms with Crippen molar-refractivity contribution in [2.75, 3.05) is 6.54 Å². The molecule has 3 aromatic rings. The van der Waals surface area contributed by atoms with Crippen LogP contribution in [0.3, 0.4) is 0 Å². The number of rotatable bonds is 7. The lowest BCUT2D eigenvalue weighted by Crippen LogP contribution is -2.10. The van der Waals surface area contributed by atoms with Crippen LogP contribution in [0, 0.1) is 0 Å². The number of imidazole rings is 1. The second kappa shape index (κ2) is 7.29. The summed E-state index contributed by atoms with van der Waals surface area (Å²) in [5.41, 5.74) is 9.12. The third kappa shape index (κ3) is 3.54. The highest BCUT2D eigenvalue weighted by Gasteiger charge is 2.10. The van der Waals surface area contributed by atoms with Crippen molar-refractivity contribution in [2.45, 2.75) is 32.9 Å². The predicted octanol–water partition coefficient (Wildman–Crippen LogP) is 3.53. The Bertz CT molecular complexity index is 762. The number of benzene rings is 2. The summed E-state index contributed by atoms with van der Waals surface area (Å²) >= 11 is 0. The Labute approximate surface area is 136 Å². The van der Waals surface area contributed by atoms with Crippen molar-refractivity contribution in [1.82, 2.24) is 9.55 Å². The van der Waals surface area contributed by atoms with E-state index in [2.05, 4.69) is 29.7 Å². The van der Waals surface area contributed by atoms with Gasteiger partial charge in [0.2, 0.25) is 0 Å². The number of nitrogens with two attached hydrogens (primary N) is 1. The van der Waals surface area contributed by atoms with Gasteiger partial charge in [-0.1, -0.05) is 31.2 Å². The minimum absolute atomic E-state index is 0.463. The first kappa shape index (κ1) is 15.6. The van der Waals surface area contributed by atoms with Gasteiger partial charge in [0.25, 0.3) is 0 Å². The van der Waals surface area contributed by atoms with Crippen LogP contribution in [0.1, 0.15) is 24.7 Å². The number of ether oxygens (including phenoxy) is 1. The van der Waals surface area contributed by atoms with Crippen molar-refractivity contribution in [3.05, 3.63) is 59.9 Å². The molecule has 0 atom stereocenters. The first-order valence-corrected chi connectivity index (χ1v) is 8.17. The molecule has 0 spiro atoms. The first-order chi connectivity index (χ1) is 11.3. The van der Waals surface area contributed by atoms with Gasteiger partial charge in [-0.15, -0.1) is 0 Å². The Morgan fingerprint density at radius 2 is 1.87 bits per heavy atom. The molecule has 120 valence electrons. The maximum Gasteiger partial charge on any atom is 0.147 e. The van der Waals surface area contributed by atoms with Gasteiger partial charge in [0.1, 0.15) is 18.2 Å². The van der Waals surface area contributed by atoms with Crippen LogP contribution in [0.4, 0.5) is 0 Å². The highest BCUT2D eigenvalue weighted by atomic mass is 16.5. The van der Waals surface area contributed by atoms with Crippen molar-refractivity contribution in [1.29, 1.82) is 0 Å². The predicted molar refractivity (Wildman–Crippen MR) is 93.6 cm³/mol. The van der Waals surface area contributed by atoms with E-state index >= 15 is 0 Å². The smallest absolute Gasteiger partial charge is 0.147 e. The number of aryl methyl sites for hydroxylation is 2. The Balaban J connectivity index is 1.80. The molecule has 4 nitrogen and oxygen atoms in total. The molecule has 0 aliphatic rings. The van der Waals surface area contributed by atoms with E-state index in [-0.39, 0.29) is 0 Å². The lowest BCUT2D eigenvalue weighted by Gasteiger charge is -2.10. The van der Waals surface area contributed by atoms with Gasteiger partial charge in [0.05, 0.1) is 11.0 Å². The van der Waals surface area contributed by atoms with Crippen molar-refractivity contribution >= 4 is 11.0 Å². The summed E-state index contributed by atoms with van der Waals surface area (Å²) < 4.78 is 8.14. The summed E-state index contributed by atoms with van der Waals surface area (Å²) in [6.45, 7) is 4.15. The van der Waals surface area contributed by atoms with Gasteiger partial charge >= 0.3 is 0 Å². The number of aromatic nitrogens is 2. The van der Waals surface area contributed by atoms with Gasteiger partial charge in [-0.25, -0.2) is 4.98 Å². The number of fused-ring (bicyclic) bond motifs is 1. The van der Waals surface area contributed by atoms with Crippen LogP contribution in [-0.2, 0) is 19.6 Å². The van der Waals surface area contributed by atoms with Crippen molar-refractivity contribution < 1.29 is 4.74 Å². The van der Waals surface area contributed by atoms with E-state index < -0.39 is 0 Å². The van der Waals surface area contributed by atoms with Crippen molar-refractivity contribution in [3.63, 3.8) is 0 Å². The molecule has 2 N–H and O–H groups in total. The Hall–Kier alpha value is -2.33. The van der Waals surface area contributed by atoms with Gasteiger partial charge in [-0.05, 0) is 49.2 Å². The lowest BCUT2D eigenvalue weighted by molar-refractivity contribution is 0.290. The van der Waals surface area contributed by atoms with Gasteiger partial charge in [0.15, 0.2) is 0 Å². The van der Waals surface area contributed by atoms with E-state index in [9.17, 15) is 0 Å². The van der Waals surface area contributed by atoms with E-state index in [1.54, 1.807) is 0 Å². The van der Waals surface area contributed by atoms with Gasteiger partial charge in [0, 0.05) is 6.54 Å². The van der Waals surface area contributed by atoms with Crippen LogP contribution in [0.2, 0.25) is 0 Å². The fourth-order valence-corrected chi connectivity index (χ4v) is 2.70. The van der Waals surface area contributed by atoms with Crippen LogP contribution in [-0.4, -0.2) is 16.1 Å². The summed E-state index contributed by atoms with van der Waals surface area (Å²) in [6, 6.07) is 16.4. The molecule has 0 amide bonds. The molecule has 23 heavy (non-hydrogen) atoms. The minimum atomic E-state index is 0.463. The molecule has 0 saturated carbocycles. The van der Waals surface area contributed by atoms with Gasteiger partial charge < -0.3 is 15.0 Å². The van der Waals surface area contributed by atoms with Crippen LogP contribution in [0.15, 0.2) is 48.5 Å². The topological polar surface area (TPSA) is 53.1 Å². The molecule has 0 aliphatic heterocycles. The number of hydrogen-bond acceptors (Lipinski definition) is 3. The maximum atomic E-state index is 5.93. The van der Waals surface area contributed by atoms with E-state index in [1.165, 1.54) is 5.56 Å². The molecule has 0 bridgehead atoms. The van der Waals surface area contributed by atoms with Crippen molar-refractivity contribution in [2.24, 2.45) is 5.73 Å². The molecule has 2 aromatic carbocycles. The van der Waals surface area contributed by atoms with E-state index in [1.807, 2.05) is 30.3 Å². The third-order valence-corrected chi connectivity index (χ3v) is 4.02. The first-order valence-electron chi connectivity index (χ1n) is 8.17. The van der Waals surface area contributed by atoms with Gasteiger partial charge in [-0.3, -0.25) is 0 Å². The molecule has 0 radical (unpaired) electrons. The standard InChI is InChI=1S/C19H23N3O/c1-2-15-8-10-16(11-9-15)23-14-19-21-17-6-3-4-7-18(17)22(19)13-5-12-20/h3-4,6-11H,2,5,12-14,20H2,1H3. The van der Waals surface area contributed by atoms with Crippen LogP contribution >= 0.6 is 0 Å². The zero-order chi connectivity index (χ0) is 16.1. The summed E-state index contributed by atoms with van der Waals surface area (Å²) in [5, 5.41) is 0. The van der Waals surface area contributed by atoms with E-state index in [0.29, 0.717) is 13.2 Å². The summed E-state index contributed by atoms with van der Waals surface area (Å²) in [4.78, 5) is 4.71. The van der Waals surface area contributed by atoms with E-state index in [4.69, 9.17) is 15.5 Å². The largest absolute Gasteiger partial charge is 0.486 e. The third-order valence-electron chi connectivity index (χ3n) is 4.02. The molecule has 3 rings (SSSR count). The fraction of sp³-hybridized carbons (Fsp3) is 0.316. The van der Waals surface area contributed by atoms with Gasteiger partial charge in [-0.2, -0.15) is 0 Å². The van der Waals surface area contributed by atoms with Crippen LogP contribution < -0.4 is 10.5 Å².